The molecule has 26 heavy (non-hydrogen) atoms. The minimum absolute atomic E-state index is 0.945. The van der Waals surface area contributed by atoms with Crippen molar-refractivity contribution in [3.63, 3.8) is 0 Å². The zero-order valence-electron chi connectivity index (χ0n) is 16.1. The molecule has 2 aromatic carbocycles. The SMILES string of the molecule is CCC[N+](CC)=C1C=C/C(=C/c2ccc(NCC)cc2)c2ccccc21. The van der Waals surface area contributed by atoms with E-state index in [0.717, 1.165) is 26.1 Å². The molecule has 0 saturated heterocycles. The normalized spacial score (nSPS) is 16.5. The van der Waals surface area contributed by atoms with Gasteiger partial charge < -0.3 is 5.32 Å². The first-order valence-corrected chi connectivity index (χ1v) is 9.72. The summed E-state index contributed by atoms with van der Waals surface area (Å²) in [6, 6.07) is 17.4. The van der Waals surface area contributed by atoms with E-state index in [1.165, 1.54) is 33.7 Å². The van der Waals surface area contributed by atoms with Crippen molar-refractivity contribution in [2.75, 3.05) is 25.0 Å². The van der Waals surface area contributed by atoms with Gasteiger partial charge in [0, 0.05) is 24.7 Å². The molecule has 0 amide bonds. The Balaban J connectivity index is 2.00. The first kappa shape index (κ1) is 18.2. The van der Waals surface area contributed by atoms with Crippen LogP contribution in [-0.2, 0) is 0 Å². The summed E-state index contributed by atoms with van der Waals surface area (Å²) in [5, 5.41) is 3.35. The van der Waals surface area contributed by atoms with E-state index in [4.69, 9.17) is 0 Å². The molecule has 0 heterocycles. The fourth-order valence-electron chi connectivity index (χ4n) is 3.51. The van der Waals surface area contributed by atoms with Gasteiger partial charge in [-0.05, 0) is 60.9 Å². The van der Waals surface area contributed by atoms with Crippen LogP contribution in [0, 0.1) is 0 Å². The van der Waals surface area contributed by atoms with Crippen molar-refractivity contribution in [2.45, 2.75) is 27.2 Å². The molecule has 0 radical (unpaired) electrons. The van der Waals surface area contributed by atoms with Gasteiger partial charge in [-0.3, -0.25) is 0 Å². The van der Waals surface area contributed by atoms with Gasteiger partial charge in [0.15, 0.2) is 0 Å². The van der Waals surface area contributed by atoms with Crippen LogP contribution in [0.3, 0.4) is 0 Å². The smallest absolute Gasteiger partial charge is 0.207 e. The third kappa shape index (κ3) is 3.96. The number of nitrogens with one attached hydrogen (secondary N) is 1. The second-order valence-corrected chi connectivity index (χ2v) is 6.60. The molecule has 1 N–H and O–H groups in total. The summed E-state index contributed by atoms with van der Waals surface area (Å²) in [6.07, 6.45) is 7.97. The highest BCUT2D eigenvalue weighted by Gasteiger charge is 2.21. The van der Waals surface area contributed by atoms with Crippen molar-refractivity contribution in [1.82, 2.24) is 0 Å². The van der Waals surface area contributed by atoms with Gasteiger partial charge in [0.05, 0.1) is 5.56 Å². The third-order valence-corrected chi connectivity index (χ3v) is 4.76. The number of anilines is 1. The van der Waals surface area contributed by atoms with Gasteiger partial charge in [-0.1, -0.05) is 37.3 Å². The molecule has 2 heteroatoms. The molecule has 0 bridgehead atoms. The van der Waals surface area contributed by atoms with Crippen molar-refractivity contribution in [3.8, 4) is 0 Å². The highest BCUT2D eigenvalue weighted by atomic mass is 15.0. The summed E-state index contributed by atoms with van der Waals surface area (Å²) in [7, 11) is 0. The predicted molar refractivity (Wildman–Crippen MR) is 114 cm³/mol. The molecule has 2 aromatic rings. The predicted octanol–water partition coefficient (Wildman–Crippen LogP) is 5.46. The van der Waals surface area contributed by atoms with E-state index >= 15 is 0 Å². The molecule has 0 aromatic heterocycles. The van der Waals surface area contributed by atoms with Gasteiger partial charge in [-0.25, -0.2) is 4.58 Å². The Kier molecular flexibility index (Phi) is 6.06. The molecule has 1 aliphatic carbocycles. The Bertz CT molecular complexity index is 839. The van der Waals surface area contributed by atoms with E-state index in [1.807, 2.05) is 0 Å². The molecule has 0 unspecified atom stereocenters. The highest BCUT2D eigenvalue weighted by Crippen LogP contribution is 2.28. The summed E-state index contributed by atoms with van der Waals surface area (Å²) < 4.78 is 2.47. The Morgan fingerprint density at radius 2 is 1.62 bits per heavy atom. The van der Waals surface area contributed by atoms with Crippen LogP contribution >= 0.6 is 0 Å². The molecule has 0 atom stereocenters. The van der Waals surface area contributed by atoms with Gasteiger partial charge in [0.25, 0.3) is 0 Å². The van der Waals surface area contributed by atoms with E-state index in [2.05, 4.69) is 97.4 Å². The summed E-state index contributed by atoms with van der Waals surface area (Å²) in [5.41, 5.74) is 7.65. The Morgan fingerprint density at radius 3 is 2.27 bits per heavy atom. The maximum atomic E-state index is 3.35. The largest absolute Gasteiger partial charge is 0.385 e. The molecule has 0 aliphatic heterocycles. The molecule has 134 valence electrons. The minimum Gasteiger partial charge on any atom is -0.385 e. The fourth-order valence-corrected chi connectivity index (χ4v) is 3.51. The summed E-state index contributed by atoms with van der Waals surface area (Å²) in [4.78, 5) is 0. The molecule has 2 nitrogen and oxygen atoms in total. The lowest BCUT2D eigenvalue weighted by Crippen LogP contribution is -2.24. The van der Waals surface area contributed by atoms with Crippen LogP contribution in [0.15, 0.2) is 60.7 Å². The van der Waals surface area contributed by atoms with E-state index < -0.39 is 0 Å². The van der Waals surface area contributed by atoms with Gasteiger partial charge >= 0.3 is 0 Å². The second kappa shape index (κ2) is 8.66. The number of rotatable bonds is 6. The molecule has 3 rings (SSSR count). The van der Waals surface area contributed by atoms with Gasteiger partial charge in [0.2, 0.25) is 5.71 Å². The van der Waals surface area contributed by atoms with Crippen molar-refractivity contribution in [1.29, 1.82) is 0 Å². The van der Waals surface area contributed by atoms with E-state index in [-0.39, 0.29) is 0 Å². The molecular formula is C24H29N2+. The van der Waals surface area contributed by atoms with Gasteiger partial charge in [0.1, 0.15) is 13.1 Å². The van der Waals surface area contributed by atoms with Crippen molar-refractivity contribution in [2.24, 2.45) is 0 Å². The lowest BCUT2D eigenvalue weighted by atomic mass is 9.89. The second-order valence-electron chi connectivity index (χ2n) is 6.60. The van der Waals surface area contributed by atoms with Crippen molar-refractivity contribution < 1.29 is 4.58 Å². The van der Waals surface area contributed by atoms with E-state index in [9.17, 15) is 0 Å². The number of hydrogen-bond acceptors (Lipinski definition) is 1. The monoisotopic (exact) mass is 345 g/mol. The quantitative estimate of drug-likeness (QED) is 0.687. The van der Waals surface area contributed by atoms with Crippen LogP contribution in [0.5, 0.6) is 0 Å². The topological polar surface area (TPSA) is 15.0 Å². The third-order valence-electron chi connectivity index (χ3n) is 4.76. The molecule has 0 spiro atoms. The first-order chi connectivity index (χ1) is 12.8. The number of benzene rings is 2. The summed E-state index contributed by atoms with van der Waals surface area (Å²) in [5.74, 6) is 0. The van der Waals surface area contributed by atoms with Crippen LogP contribution in [0.1, 0.15) is 43.9 Å². The average Bonchev–Trinajstić information content (AvgIpc) is 2.68. The standard InChI is InChI=1S/C24H28N2/c1-4-17-26(6-3)24-16-13-20(22-9-7-8-10-23(22)24)18-19-11-14-21(15-12-19)25-5-2/h7-16,18H,4-6,17H2,1-3H3/p+1. The van der Waals surface area contributed by atoms with Crippen molar-refractivity contribution >= 4 is 23.0 Å². The molecule has 0 fully saturated rings. The maximum Gasteiger partial charge on any atom is 0.207 e. The van der Waals surface area contributed by atoms with Crippen LogP contribution in [0.25, 0.3) is 11.6 Å². The van der Waals surface area contributed by atoms with Crippen LogP contribution in [0.4, 0.5) is 5.69 Å². The van der Waals surface area contributed by atoms with Crippen LogP contribution in [0.2, 0.25) is 0 Å². The minimum atomic E-state index is 0.945. The molecule has 0 saturated carbocycles. The first-order valence-electron chi connectivity index (χ1n) is 9.72. The average molecular weight is 346 g/mol. The Hall–Kier alpha value is -2.61. The zero-order chi connectivity index (χ0) is 18.4. The van der Waals surface area contributed by atoms with Crippen LogP contribution in [-0.4, -0.2) is 29.9 Å². The van der Waals surface area contributed by atoms with E-state index in [0.29, 0.717) is 0 Å². The summed E-state index contributed by atoms with van der Waals surface area (Å²) in [6.45, 7) is 9.66. The van der Waals surface area contributed by atoms with Crippen LogP contribution < -0.4 is 5.32 Å². The van der Waals surface area contributed by atoms with Crippen molar-refractivity contribution in [3.05, 3.63) is 77.4 Å². The fraction of sp³-hybridized carbons (Fsp3) is 0.292. The number of allylic oxidation sites excluding steroid dienone is 3. The lowest BCUT2D eigenvalue weighted by Gasteiger charge is -2.16. The van der Waals surface area contributed by atoms with Gasteiger partial charge in [-0.15, -0.1) is 0 Å². The van der Waals surface area contributed by atoms with E-state index in [1.54, 1.807) is 0 Å². The summed E-state index contributed by atoms with van der Waals surface area (Å²) >= 11 is 0. The molecule has 1 aliphatic rings. The maximum absolute atomic E-state index is 3.35. The zero-order valence-corrected chi connectivity index (χ0v) is 16.1. The Morgan fingerprint density at radius 1 is 0.885 bits per heavy atom. The number of hydrogen-bond donors (Lipinski definition) is 1. The molecular weight excluding hydrogens is 316 g/mol. The Labute approximate surface area is 157 Å². The lowest BCUT2D eigenvalue weighted by molar-refractivity contribution is -0.523. The number of nitrogens with zero attached hydrogens (tertiary/aromatic N) is 1. The van der Waals surface area contributed by atoms with Gasteiger partial charge in [-0.2, -0.15) is 0 Å². The highest BCUT2D eigenvalue weighted by molar-refractivity contribution is 6.14. The number of fused-ring (bicyclic) bond motifs is 1.